The highest BCUT2D eigenvalue weighted by atomic mass is 79.9. The zero-order chi connectivity index (χ0) is 11.4. The SMILES string of the molecule is NCC(SC1CCCC1)c1ccccc1Br. The van der Waals surface area contributed by atoms with Gasteiger partial charge < -0.3 is 5.73 Å². The van der Waals surface area contributed by atoms with Gasteiger partial charge in [-0.3, -0.25) is 0 Å². The van der Waals surface area contributed by atoms with Gasteiger partial charge in [-0.2, -0.15) is 0 Å². The van der Waals surface area contributed by atoms with Crippen molar-refractivity contribution >= 4 is 27.7 Å². The van der Waals surface area contributed by atoms with Gasteiger partial charge in [-0.15, -0.1) is 11.8 Å². The van der Waals surface area contributed by atoms with E-state index >= 15 is 0 Å². The fourth-order valence-corrected chi connectivity index (χ4v) is 4.49. The van der Waals surface area contributed by atoms with Gasteiger partial charge in [0.05, 0.1) is 0 Å². The van der Waals surface area contributed by atoms with Gasteiger partial charge in [0.1, 0.15) is 0 Å². The average Bonchev–Trinajstić information content (AvgIpc) is 2.80. The number of hydrogen-bond donors (Lipinski definition) is 1. The lowest BCUT2D eigenvalue weighted by Crippen LogP contribution is -2.13. The van der Waals surface area contributed by atoms with Crippen molar-refractivity contribution in [3.63, 3.8) is 0 Å². The minimum Gasteiger partial charge on any atom is -0.329 e. The van der Waals surface area contributed by atoms with E-state index in [4.69, 9.17) is 5.73 Å². The van der Waals surface area contributed by atoms with Crippen molar-refractivity contribution in [1.82, 2.24) is 0 Å². The van der Waals surface area contributed by atoms with Crippen LogP contribution in [-0.4, -0.2) is 11.8 Å². The Labute approximate surface area is 110 Å². The summed E-state index contributed by atoms with van der Waals surface area (Å²) in [7, 11) is 0. The molecule has 0 spiro atoms. The molecule has 1 atom stereocenters. The third kappa shape index (κ3) is 3.02. The Morgan fingerprint density at radius 2 is 2.00 bits per heavy atom. The molecule has 0 aliphatic heterocycles. The molecule has 1 saturated carbocycles. The lowest BCUT2D eigenvalue weighted by molar-refractivity contribution is 0.872. The standard InChI is InChI=1S/C13H18BrNS/c14-12-8-4-3-7-11(12)13(9-15)16-10-5-1-2-6-10/h3-4,7-8,10,13H,1-2,5-6,9,15H2. The Kier molecular flexibility index (Phi) is 4.74. The Morgan fingerprint density at radius 1 is 1.31 bits per heavy atom. The van der Waals surface area contributed by atoms with Crippen LogP contribution < -0.4 is 5.73 Å². The molecule has 0 radical (unpaired) electrons. The molecule has 16 heavy (non-hydrogen) atoms. The smallest absolute Gasteiger partial charge is 0.0433 e. The predicted octanol–water partition coefficient (Wildman–Crippen LogP) is 4.12. The molecule has 1 aliphatic rings. The summed E-state index contributed by atoms with van der Waals surface area (Å²) in [5.74, 6) is 0. The number of rotatable bonds is 4. The van der Waals surface area contributed by atoms with Crippen molar-refractivity contribution in [1.29, 1.82) is 0 Å². The Hall–Kier alpha value is 0.01000. The van der Waals surface area contributed by atoms with Crippen LogP contribution in [0.2, 0.25) is 0 Å². The lowest BCUT2D eigenvalue weighted by Gasteiger charge is -2.20. The minimum atomic E-state index is 0.443. The molecule has 0 bridgehead atoms. The maximum atomic E-state index is 5.91. The van der Waals surface area contributed by atoms with Gasteiger partial charge >= 0.3 is 0 Å². The molecule has 1 aliphatic carbocycles. The topological polar surface area (TPSA) is 26.0 Å². The normalized spacial score (nSPS) is 18.9. The first-order chi connectivity index (χ1) is 7.81. The number of nitrogens with two attached hydrogens (primary N) is 1. The second-order valence-corrected chi connectivity index (χ2v) is 6.65. The maximum Gasteiger partial charge on any atom is 0.0433 e. The molecule has 0 amide bonds. The first-order valence-corrected chi connectivity index (χ1v) is 7.65. The van der Waals surface area contributed by atoms with Gasteiger partial charge in [-0.25, -0.2) is 0 Å². The van der Waals surface area contributed by atoms with Gasteiger partial charge in [0.2, 0.25) is 0 Å². The maximum absolute atomic E-state index is 5.91. The van der Waals surface area contributed by atoms with Crippen LogP contribution in [-0.2, 0) is 0 Å². The van der Waals surface area contributed by atoms with E-state index in [1.807, 2.05) is 0 Å². The summed E-state index contributed by atoms with van der Waals surface area (Å²) in [5.41, 5.74) is 7.26. The summed E-state index contributed by atoms with van der Waals surface area (Å²) < 4.78 is 1.19. The largest absolute Gasteiger partial charge is 0.329 e. The van der Waals surface area contributed by atoms with Crippen LogP contribution in [0.5, 0.6) is 0 Å². The summed E-state index contributed by atoms with van der Waals surface area (Å²) in [4.78, 5) is 0. The fraction of sp³-hybridized carbons (Fsp3) is 0.538. The monoisotopic (exact) mass is 299 g/mol. The third-order valence-corrected chi connectivity index (χ3v) is 5.48. The summed E-state index contributed by atoms with van der Waals surface area (Å²) >= 11 is 5.68. The van der Waals surface area contributed by atoms with E-state index in [9.17, 15) is 0 Å². The summed E-state index contributed by atoms with van der Waals surface area (Å²) in [6.45, 7) is 0.726. The number of thioether (sulfide) groups is 1. The second-order valence-electron chi connectivity index (χ2n) is 4.29. The van der Waals surface area contributed by atoms with Gasteiger partial charge in [0.15, 0.2) is 0 Å². The van der Waals surface area contributed by atoms with Crippen molar-refractivity contribution in [3.05, 3.63) is 34.3 Å². The highest BCUT2D eigenvalue weighted by Crippen LogP contribution is 2.40. The lowest BCUT2D eigenvalue weighted by atomic mass is 10.1. The van der Waals surface area contributed by atoms with Crippen LogP contribution in [0.15, 0.2) is 28.7 Å². The van der Waals surface area contributed by atoms with Crippen molar-refractivity contribution in [2.75, 3.05) is 6.54 Å². The van der Waals surface area contributed by atoms with Crippen molar-refractivity contribution in [2.45, 2.75) is 36.2 Å². The van der Waals surface area contributed by atoms with Gasteiger partial charge in [-0.05, 0) is 24.5 Å². The zero-order valence-electron chi connectivity index (χ0n) is 9.36. The average molecular weight is 300 g/mol. The predicted molar refractivity (Wildman–Crippen MR) is 75.8 cm³/mol. The molecule has 0 heterocycles. The fourth-order valence-electron chi connectivity index (χ4n) is 2.25. The van der Waals surface area contributed by atoms with Gasteiger partial charge in [-0.1, -0.05) is 47.0 Å². The molecule has 1 fully saturated rings. The Balaban J connectivity index is 2.06. The number of hydrogen-bond acceptors (Lipinski definition) is 2. The molecule has 2 rings (SSSR count). The first kappa shape index (κ1) is 12.5. The van der Waals surface area contributed by atoms with Crippen LogP contribution >= 0.6 is 27.7 Å². The molecule has 1 nitrogen and oxygen atoms in total. The molecular weight excluding hydrogens is 282 g/mol. The summed E-state index contributed by atoms with van der Waals surface area (Å²) in [6.07, 6.45) is 5.52. The van der Waals surface area contributed by atoms with E-state index in [1.54, 1.807) is 0 Å². The van der Waals surface area contributed by atoms with Crippen LogP contribution in [0.1, 0.15) is 36.5 Å². The molecule has 1 aromatic carbocycles. The van der Waals surface area contributed by atoms with Crippen molar-refractivity contribution in [3.8, 4) is 0 Å². The minimum absolute atomic E-state index is 0.443. The van der Waals surface area contributed by atoms with E-state index in [0.29, 0.717) is 5.25 Å². The highest BCUT2D eigenvalue weighted by Gasteiger charge is 2.21. The van der Waals surface area contributed by atoms with Crippen LogP contribution in [0.25, 0.3) is 0 Å². The summed E-state index contributed by atoms with van der Waals surface area (Å²) in [6, 6.07) is 8.44. The first-order valence-electron chi connectivity index (χ1n) is 5.91. The van der Waals surface area contributed by atoms with Crippen molar-refractivity contribution < 1.29 is 0 Å². The van der Waals surface area contributed by atoms with Crippen LogP contribution in [0, 0.1) is 0 Å². The van der Waals surface area contributed by atoms with Crippen LogP contribution in [0.3, 0.4) is 0 Å². The number of benzene rings is 1. The Morgan fingerprint density at radius 3 is 2.62 bits per heavy atom. The zero-order valence-corrected chi connectivity index (χ0v) is 11.8. The molecule has 88 valence electrons. The molecular formula is C13H18BrNS. The molecule has 2 N–H and O–H groups in total. The molecule has 1 unspecified atom stereocenters. The van der Waals surface area contributed by atoms with E-state index in [1.165, 1.54) is 35.7 Å². The van der Waals surface area contributed by atoms with E-state index < -0.39 is 0 Å². The molecule has 0 aromatic heterocycles. The van der Waals surface area contributed by atoms with E-state index in [0.717, 1.165) is 11.8 Å². The van der Waals surface area contributed by atoms with Gasteiger partial charge in [0, 0.05) is 21.5 Å². The number of halogens is 1. The second kappa shape index (κ2) is 6.08. The van der Waals surface area contributed by atoms with Gasteiger partial charge in [0.25, 0.3) is 0 Å². The molecule has 1 aromatic rings. The van der Waals surface area contributed by atoms with Crippen LogP contribution in [0.4, 0.5) is 0 Å². The summed E-state index contributed by atoms with van der Waals surface area (Å²) in [5, 5.41) is 1.26. The van der Waals surface area contributed by atoms with E-state index in [-0.39, 0.29) is 0 Å². The third-order valence-electron chi connectivity index (χ3n) is 3.13. The van der Waals surface area contributed by atoms with Crippen molar-refractivity contribution in [2.24, 2.45) is 5.73 Å². The quantitative estimate of drug-likeness (QED) is 0.905. The molecule has 0 saturated heterocycles. The highest BCUT2D eigenvalue weighted by molar-refractivity contribution is 9.10. The van der Waals surface area contributed by atoms with E-state index in [2.05, 4.69) is 52.0 Å². The molecule has 3 heteroatoms. The Bertz CT molecular complexity index is 336.